The number of methoxy groups -OCH3 is 1. The number of carbonyl (C=O) groups excluding carboxylic acids is 3. The quantitative estimate of drug-likeness (QED) is 0.158. The summed E-state index contributed by atoms with van der Waals surface area (Å²) in [5, 5.41) is 0.729. The second-order valence-corrected chi connectivity index (χ2v) is 12.5. The molecule has 0 N–H and O–H groups in total. The Morgan fingerprint density at radius 3 is 2.18 bits per heavy atom. The Kier molecular flexibility index (Phi) is 11.1. The van der Waals surface area contributed by atoms with Gasteiger partial charge in [-0.05, 0) is 54.8 Å². The van der Waals surface area contributed by atoms with E-state index in [4.69, 9.17) is 18.9 Å². The third kappa shape index (κ3) is 7.97. The number of alkyl halides is 1. The molecule has 3 aromatic rings. The van der Waals surface area contributed by atoms with Gasteiger partial charge >= 0.3 is 12.1 Å². The van der Waals surface area contributed by atoms with Crippen molar-refractivity contribution in [1.82, 2.24) is 9.80 Å². The molecule has 1 heterocycles. The van der Waals surface area contributed by atoms with Gasteiger partial charge in [-0.2, -0.15) is 0 Å². The van der Waals surface area contributed by atoms with E-state index < -0.39 is 35.7 Å². The van der Waals surface area contributed by atoms with E-state index in [9.17, 15) is 14.4 Å². The van der Waals surface area contributed by atoms with E-state index in [-0.39, 0.29) is 25.5 Å². The molecule has 1 aliphatic rings. The molecule has 2 amide bonds. The Labute approximate surface area is 273 Å². The lowest BCUT2D eigenvalue weighted by atomic mass is 9.89. The summed E-state index contributed by atoms with van der Waals surface area (Å²) in [7, 11) is 1.56. The molecule has 0 radical (unpaired) electrons. The third-order valence-corrected chi connectivity index (χ3v) is 8.25. The van der Waals surface area contributed by atoms with Crippen molar-refractivity contribution >= 4 is 33.9 Å². The average molecular weight is 682 g/mol. The van der Waals surface area contributed by atoms with Crippen molar-refractivity contribution in [3.8, 4) is 17.2 Å². The molecule has 240 valence electrons. The van der Waals surface area contributed by atoms with Crippen LogP contribution in [0.3, 0.4) is 0 Å². The minimum Gasteiger partial charge on any atom is -0.493 e. The van der Waals surface area contributed by atoms with E-state index in [1.54, 1.807) is 33.1 Å². The van der Waals surface area contributed by atoms with E-state index in [1.807, 2.05) is 81.4 Å². The lowest BCUT2D eigenvalue weighted by Crippen LogP contribution is -2.56. The van der Waals surface area contributed by atoms with Crippen LogP contribution in [0.25, 0.3) is 0 Å². The van der Waals surface area contributed by atoms with Gasteiger partial charge in [0.15, 0.2) is 11.5 Å². The summed E-state index contributed by atoms with van der Waals surface area (Å²) in [6, 6.07) is 20.5. The molecule has 0 spiro atoms. The maximum absolute atomic E-state index is 14.0. The summed E-state index contributed by atoms with van der Waals surface area (Å²) in [6.45, 7) is 9.35. The minimum atomic E-state index is -1.02. The second kappa shape index (κ2) is 14.8. The molecule has 0 aromatic heterocycles. The van der Waals surface area contributed by atoms with Crippen LogP contribution >= 0.6 is 15.9 Å². The Morgan fingerprint density at radius 1 is 0.911 bits per heavy atom. The molecule has 0 unspecified atom stereocenters. The van der Waals surface area contributed by atoms with Crippen molar-refractivity contribution in [3.05, 3.63) is 89.5 Å². The largest absolute Gasteiger partial charge is 0.493 e. The van der Waals surface area contributed by atoms with Crippen LogP contribution in [0.15, 0.2) is 72.8 Å². The van der Waals surface area contributed by atoms with Crippen LogP contribution in [0.2, 0.25) is 0 Å². The molecule has 1 fully saturated rings. The maximum atomic E-state index is 14.0. The number of ether oxygens (including phenoxy) is 4. The summed E-state index contributed by atoms with van der Waals surface area (Å²) in [5.74, 6) is 0.681. The fourth-order valence-electron chi connectivity index (χ4n) is 5.47. The molecule has 3 atom stereocenters. The van der Waals surface area contributed by atoms with Crippen LogP contribution in [0.1, 0.15) is 51.3 Å². The van der Waals surface area contributed by atoms with Crippen molar-refractivity contribution in [2.45, 2.75) is 71.2 Å². The van der Waals surface area contributed by atoms with Gasteiger partial charge in [0.2, 0.25) is 5.91 Å². The first kappa shape index (κ1) is 33.8. The number of nitrogens with zero attached hydrogens (tertiary/aromatic N) is 2. The van der Waals surface area contributed by atoms with Crippen molar-refractivity contribution in [3.63, 3.8) is 0 Å². The molecule has 10 heteroatoms. The molecule has 1 aliphatic heterocycles. The normalized spacial score (nSPS) is 17.2. The standard InChI is InChI=1S/C35H41BrN2O7/c1-7-43-32(40)28(19-26-15-18-29(42-6)30(20-26)45-27-16-13-24(21-36)14-17-27)38-31(39)23(2)37(33(38)35(3,4)5)34(41)44-22-25-11-9-8-10-12-25/h8-18,20,23,28,33H,7,19,21-22H2,1-6H3/t23-,28+,33+/m0/s1. The first-order valence-electron chi connectivity index (χ1n) is 15.0. The van der Waals surface area contributed by atoms with E-state index in [1.165, 1.54) is 9.80 Å². The van der Waals surface area contributed by atoms with Gasteiger partial charge in [-0.1, -0.05) is 85.2 Å². The number of amides is 2. The molecule has 45 heavy (non-hydrogen) atoms. The van der Waals surface area contributed by atoms with Gasteiger partial charge in [-0.25, -0.2) is 9.59 Å². The van der Waals surface area contributed by atoms with Crippen molar-refractivity contribution < 1.29 is 33.3 Å². The highest BCUT2D eigenvalue weighted by atomic mass is 79.9. The van der Waals surface area contributed by atoms with Gasteiger partial charge in [0.25, 0.3) is 0 Å². The summed E-state index contributed by atoms with van der Waals surface area (Å²) in [4.78, 5) is 44.1. The highest BCUT2D eigenvalue weighted by molar-refractivity contribution is 9.08. The molecular weight excluding hydrogens is 640 g/mol. The zero-order valence-electron chi connectivity index (χ0n) is 26.6. The number of carbonyl (C=O) groups is 3. The summed E-state index contributed by atoms with van der Waals surface area (Å²) in [6.07, 6.45) is -1.28. The highest BCUT2D eigenvalue weighted by Crippen LogP contribution is 2.39. The molecule has 1 saturated heterocycles. The van der Waals surface area contributed by atoms with Gasteiger partial charge in [-0.15, -0.1) is 0 Å². The average Bonchev–Trinajstić information content (AvgIpc) is 3.30. The number of rotatable bonds is 11. The Bertz CT molecular complexity index is 1470. The smallest absolute Gasteiger partial charge is 0.412 e. The molecule has 0 saturated carbocycles. The van der Waals surface area contributed by atoms with Crippen LogP contribution in [0.5, 0.6) is 17.2 Å². The predicted molar refractivity (Wildman–Crippen MR) is 174 cm³/mol. The number of benzene rings is 3. The predicted octanol–water partition coefficient (Wildman–Crippen LogP) is 7.10. The first-order valence-corrected chi connectivity index (χ1v) is 16.1. The molecule has 0 bridgehead atoms. The third-order valence-electron chi connectivity index (χ3n) is 7.60. The number of hydrogen-bond acceptors (Lipinski definition) is 7. The summed E-state index contributed by atoms with van der Waals surface area (Å²) < 4.78 is 22.9. The Morgan fingerprint density at radius 2 is 1.58 bits per heavy atom. The molecule has 9 nitrogen and oxygen atoms in total. The monoisotopic (exact) mass is 680 g/mol. The Balaban J connectivity index is 1.66. The fourth-order valence-corrected chi connectivity index (χ4v) is 5.84. The van der Waals surface area contributed by atoms with Crippen molar-refractivity contribution in [2.24, 2.45) is 5.41 Å². The van der Waals surface area contributed by atoms with E-state index in [2.05, 4.69) is 15.9 Å². The lowest BCUT2D eigenvalue weighted by Gasteiger charge is -2.41. The van der Waals surface area contributed by atoms with Crippen LogP contribution in [0.4, 0.5) is 4.79 Å². The zero-order valence-corrected chi connectivity index (χ0v) is 28.2. The van der Waals surface area contributed by atoms with Crippen LogP contribution < -0.4 is 9.47 Å². The molecule has 3 aromatic carbocycles. The lowest BCUT2D eigenvalue weighted by molar-refractivity contribution is -0.156. The maximum Gasteiger partial charge on any atom is 0.412 e. The van der Waals surface area contributed by atoms with Crippen molar-refractivity contribution in [1.29, 1.82) is 0 Å². The van der Waals surface area contributed by atoms with E-state index in [0.717, 1.165) is 22.0 Å². The first-order chi connectivity index (χ1) is 21.5. The summed E-state index contributed by atoms with van der Waals surface area (Å²) >= 11 is 3.45. The number of hydrogen-bond donors (Lipinski definition) is 0. The van der Waals surface area contributed by atoms with Crippen LogP contribution in [-0.4, -0.2) is 59.7 Å². The van der Waals surface area contributed by atoms with Gasteiger partial charge in [0, 0.05) is 17.2 Å². The fraction of sp³-hybridized carbons (Fsp3) is 0.400. The highest BCUT2D eigenvalue weighted by Gasteiger charge is 2.55. The zero-order chi connectivity index (χ0) is 32.7. The van der Waals surface area contributed by atoms with Crippen molar-refractivity contribution in [2.75, 3.05) is 13.7 Å². The minimum absolute atomic E-state index is 0.0582. The van der Waals surface area contributed by atoms with E-state index >= 15 is 0 Å². The van der Waals surface area contributed by atoms with Crippen LogP contribution in [-0.2, 0) is 37.4 Å². The SMILES string of the molecule is CCOC(=O)[C@@H](Cc1ccc(OC)c(Oc2ccc(CBr)cc2)c1)N1C(=O)[C@H](C)N(C(=O)OCc2ccccc2)[C@H]1C(C)(C)C. The molecule has 0 aliphatic carbocycles. The molecular formula is C35H41BrN2O7. The van der Waals surface area contributed by atoms with Gasteiger partial charge in [-0.3, -0.25) is 9.69 Å². The van der Waals surface area contributed by atoms with Crippen LogP contribution in [0, 0.1) is 5.41 Å². The second-order valence-electron chi connectivity index (χ2n) is 11.9. The van der Waals surface area contributed by atoms with Gasteiger partial charge in [0.1, 0.15) is 30.6 Å². The Hall–Kier alpha value is -4.05. The van der Waals surface area contributed by atoms with Gasteiger partial charge < -0.3 is 23.8 Å². The van der Waals surface area contributed by atoms with Gasteiger partial charge in [0.05, 0.1) is 13.7 Å². The molecule has 4 rings (SSSR count). The number of halogens is 1. The summed E-state index contributed by atoms with van der Waals surface area (Å²) in [5.41, 5.74) is 2.02. The number of esters is 1. The topological polar surface area (TPSA) is 94.6 Å². The van der Waals surface area contributed by atoms with E-state index in [0.29, 0.717) is 17.2 Å².